The van der Waals surface area contributed by atoms with Crippen LogP contribution in [0.3, 0.4) is 0 Å². The van der Waals surface area contributed by atoms with Gasteiger partial charge in [0, 0.05) is 11.3 Å². The van der Waals surface area contributed by atoms with E-state index in [-0.39, 0.29) is 17.4 Å². The van der Waals surface area contributed by atoms with Gasteiger partial charge in [0.05, 0.1) is 24.3 Å². The van der Waals surface area contributed by atoms with Crippen LogP contribution in [0.5, 0.6) is 11.5 Å². The highest BCUT2D eigenvalue weighted by atomic mass is 16.5. The lowest BCUT2D eigenvalue weighted by Crippen LogP contribution is -2.29. The molecule has 0 spiro atoms. The second-order valence-electron chi connectivity index (χ2n) is 9.13. The lowest BCUT2D eigenvalue weighted by Gasteiger charge is -2.26. The third kappa shape index (κ3) is 4.85. The lowest BCUT2D eigenvalue weighted by molar-refractivity contribution is -0.132. The maximum absolute atomic E-state index is 13.4. The summed E-state index contributed by atoms with van der Waals surface area (Å²) < 4.78 is 11.3. The minimum absolute atomic E-state index is 0.00937. The van der Waals surface area contributed by atoms with Crippen LogP contribution in [0.1, 0.15) is 49.1 Å². The zero-order chi connectivity index (χ0) is 26.0. The molecule has 6 heteroatoms. The second-order valence-corrected chi connectivity index (χ2v) is 9.13. The number of aryl methyl sites for hydroxylation is 2. The Morgan fingerprint density at radius 2 is 1.56 bits per heavy atom. The van der Waals surface area contributed by atoms with Crippen molar-refractivity contribution in [2.45, 2.75) is 46.8 Å². The fourth-order valence-electron chi connectivity index (χ4n) is 4.33. The Kier molecular flexibility index (Phi) is 7.15. The van der Waals surface area contributed by atoms with Gasteiger partial charge in [-0.3, -0.25) is 14.5 Å². The Balaban J connectivity index is 1.87. The van der Waals surface area contributed by atoms with E-state index in [0.29, 0.717) is 34.9 Å². The number of ether oxygens (including phenoxy) is 2. The van der Waals surface area contributed by atoms with Crippen molar-refractivity contribution in [3.05, 3.63) is 94.6 Å². The summed E-state index contributed by atoms with van der Waals surface area (Å²) in [5.74, 6) is -0.276. The van der Waals surface area contributed by atoms with Crippen LogP contribution in [0, 0.1) is 13.8 Å². The van der Waals surface area contributed by atoms with E-state index >= 15 is 0 Å². The number of aliphatic hydroxyl groups is 1. The largest absolute Gasteiger partial charge is 0.507 e. The number of carbonyl (C=O) groups is 2. The van der Waals surface area contributed by atoms with Crippen LogP contribution < -0.4 is 14.4 Å². The molecule has 1 unspecified atom stereocenters. The van der Waals surface area contributed by atoms with Gasteiger partial charge in [-0.2, -0.15) is 0 Å². The monoisotopic (exact) mass is 485 g/mol. The summed E-state index contributed by atoms with van der Waals surface area (Å²) >= 11 is 0. The quantitative estimate of drug-likeness (QED) is 0.248. The molecule has 4 rings (SSSR count). The average Bonchev–Trinajstić information content (AvgIpc) is 3.11. The van der Waals surface area contributed by atoms with E-state index in [9.17, 15) is 14.7 Å². The summed E-state index contributed by atoms with van der Waals surface area (Å²) in [6.45, 7) is 10.2. The number of nitrogens with zero attached hydrogens (tertiary/aromatic N) is 1. The number of benzene rings is 3. The Hall–Kier alpha value is -4.06. The second kappa shape index (κ2) is 10.3. The molecule has 0 bridgehead atoms. The highest BCUT2D eigenvalue weighted by molar-refractivity contribution is 6.51. The van der Waals surface area contributed by atoms with Crippen LogP contribution >= 0.6 is 0 Å². The molecule has 6 nitrogen and oxygen atoms in total. The fraction of sp³-hybridized carbons (Fsp3) is 0.267. The summed E-state index contributed by atoms with van der Waals surface area (Å²) in [5.41, 5.74) is 3.81. The Morgan fingerprint density at radius 1 is 0.917 bits per heavy atom. The normalized spacial score (nSPS) is 17.1. The van der Waals surface area contributed by atoms with E-state index in [2.05, 4.69) is 0 Å². The number of Topliss-reactive ketones (excluding diaryl/α,β-unsaturated/α-hetero) is 1. The molecule has 1 heterocycles. The first kappa shape index (κ1) is 25.0. The van der Waals surface area contributed by atoms with E-state index in [1.165, 1.54) is 4.90 Å². The molecule has 3 aromatic carbocycles. The molecular weight excluding hydrogens is 454 g/mol. The minimum atomic E-state index is -0.808. The molecule has 186 valence electrons. The van der Waals surface area contributed by atoms with Gasteiger partial charge in [0.15, 0.2) is 0 Å². The highest BCUT2D eigenvalue weighted by Gasteiger charge is 2.47. The predicted molar refractivity (Wildman–Crippen MR) is 141 cm³/mol. The average molecular weight is 486 g/mol. The van der Waals surface area contributed by atoms with Crippen molar-refractivity contribution in [1.82, 2.24) is 0 Å². The van der Waals surface area contributed by atoms with Gasteiger partial charge in [-0.15, -0.1) is 0 Å². The third-order valence-corrected chi connectivity index (χ3v) is 6.22. The maximum atomic E-state index is 13.4. The highest BCUT2D eigenvalue weighted by Crippen LogP contribution is 2.43. The zero-order valence-electron chi connectivity index (χ0n) is 21.2. The topological polar surface area (TPSA) is 76.1 Å². The SMILES string of the molecule is CCOc1ccc(N2C(=O)C(=O)/C(=C(\O)c3ccc(C)c(C)c3)C2c2ccc(OC(C)C)cc2)cc1. The van der Waals surface area contributed by atoms with Gasteiger partial charge in [-0.1, -0.05) is 24.3 Å². The molecule has 1 fully saturated rings. The van der Waals surface area contributed by atoms with Crippen molar-refractivity contribution >= 4 is 23.1 Å². The van der Waals surface area contributed by atoms with Crippen LogP contribution in [0.2, 0.25) is 0 Å². The fourth-order valence-corrected chi connectivity index (χ4v) is 4.33. The summed E-state index contributed by atoms with van der Waals surface area (Å²) in [6.07, 6.45) is 0.00937. The Labute approximate surface area is 211 Å². The van der Waals surface area contributed by atoms with Gasteiger partial charge >= 0.3 is 0 Å². The standard InChI is InChI=1S/C30H31NO5/c1-6-35-24-15-11-23(12-16-24)31-27(21-9-13-25(14-10-21)36-18(2)3)26(29(33)30(31)34)28(32)22-8-7-19(4)20(5)17-22/h7-18,27,32H,6H2,1-5H3/b28-26-. The minimum Gasteiger partial charge on any atom is -0.507 e. The Morgan fingerprint density at radius 3 is 2.14 bits per heavy atom. The summed E-state index contributed by atoms with van der Waals surface area (Å²) in [6, 6.07) is 18.9. The number of hydrogen-bond acceptors (Lipinski definition) is 5. The molecule has 0 saturated carbocycles. The van der Waals surface area contributed by atoms with Gasteiger partial charge in [-0.05, 0) is 93.8 Å². The molecule has 1 atom stereocenters. The van der Waals surface area contributed by atoms with Crippen LogP contribution in [0.4, 0.5) is 5.69 Å². The van der Waals surface area contributed by atoms with Crippen LogP contribution in [0.25, 0.3) is 5.76 Å². The van der Waals surface area contributed by atoms with Crippen molar-refractivity contribution in [3.63, 3.8) is 0 Å². The van der Waals surface area contributed by atoms with E-state index in [1.54, 1.807) is 30.3 Å². The van der Waals surface area contributed by atoms with Crippen molar-refractivity contribution in [2.75, 3.05) is 11.5 Å². The number of rotatable bonds is 7. The van der Waals surface area contributed by atoms with Crippen LogP contribution in [0.15, 0.2) is 72.3 Å². The summed E-state index contributed by atoms with van der Waals surface area (Å²) in [4.78, 5) is 28.2. The zero-order valence-corrected chi connectivity index (χ0v) is 21.2. The molecule has 1 N–H and O–H groups in total. The molecule has 0 aromatic heterocycles. The molecule has 1 aliphatic rings. The Bertz CT molecular complexity index is 1310. The number of aliphatic hydroxyl groups excluding tert-OH is 1. The molecular formula is C30H31NO5. The number of hydrogen-bond donors (Lipinski definition) is 1. The first-order valence-electron chi connectivity index (χ1n) is 12.1. The summed E-state index contributed by atoms with van der Waals surface area (Å²) in [7, 11) is 0. The van der Waals surface area contributed by atoms with Gasteiger partial charge < -0.3 is 14.6 Å². The van der Waals surface area contributed by atoms with Crippen molar-refractivity contribution in [2.24, 2.45) is 0 Å². The van der Waals surface area contributed by atoms with E-state index < -0.39 is 17.7 Å². The molecule has 36 heavy (non-hydrogen) atoms. The van der Waals surface area contributed by atoms with Crippen molar-refractivity contribution < 1.29 is 24.2 Å². The van der Waals surface area contributed by atoms with Gasteiger partial charge in [0.2, 0.25) is 0 Å². The van der Waals surface area contributed by atoms with Crippen molar-refractivity contribution in [1.29, 1.82) is 0 Å². The molecule has 0 aliphatic carbocycles. The molecule has 3 aromatic rings. The van der Waals surface area contributed by atoms with Gasteiger partial charge in [0.1, 0.15) is 17.3 Å². The predicted octanol–water partition coefficient (Wildman–Crippen LogP) is 6.12. The summed E-state index contributed by atoms with van der Waals surface area (Å²) in [5, 5.41) is 11.3. The van der Waals surface area contributed by atoms with Gasteiger partial charge in [0.25, 0.3) is 11.7 Å². The number of anilines is 1. The first-order chi connectivity index (χ1) is 17.2. The smallest absolute Gasteiger partial charge is 0.300 e. The van der Waals surface area contributed by atoms with Crippen LogP contribution in [-0.4, -0.2) is 29.5 Å². The molecule has 1 amide bonds. The van der Waals surface area contributed by atoms with Crippen LogP contribution in [-0.2, 0) is 9.59 Å². The number of ketones is 1. The number of carbonyl (C=O) groups excluding carboxylic acids is 2. The molecule has 1 saturated heterocycles. The maximum Gasteiger partial charge on any atom is 0.300 e. The molecule has 0 radical (unpaired) electrons. The van der Waals surface area contributed by atoms with Crippen molar-refractivity contribution in [3.8, 4) is 11.5 Å². The van der Waals surface area contributed by atoms with E-state index in [0.717, 1.165) is 11.1 Å². The van der Waals surface area contributed by atoms with Gasteiger partial charge in [-0.25, -0.2) is 0 Å². The third-order valence-electron chi connectivity index (χ3n) is 6.22. The molecule has 1 aliphatic heterocycles. The first-order valence-corrected chi connectivity index (χ1v) is 12.1. The lowest BCUT2D eigenvalue weighted by atomic mass is 9.94. The number of amides is 1. The van der Waals surface area contributed by atoms with E-state index in [1.807, 2.05) is 71.0 Å². The van der Waals surface area contributed by atoms with E-state index in [4.69, 9.17) is 9.47 Å².